The molecule has 4 aromatic rings. The van der Waals surface area contributed by atoms with Gasteiger partial charge in [-0.1, -0.05) is 65.8 Å². The van der Waals surface area contributed by atoms with E-state index in [9.17, 15) is 13.6 Å². The van der Waals surface area contributed by atoms with Crippen LogP contribution in [0.2, 0.25) is 0 Å². The van der Waals surface area contributed by atoms with Crippen LogP contribution in [0.15, 0.2) is 107 Å². The van der Waals surface area contributed by atoms with Crippen molar-refractivity contribution in [1.82, 2.24) is 10.9 Å². The second kappa shape index (κ2) is 15.1. The lowest BCUT2D eigenvalue weighted by atomic mass is 9.81. The smallest absolute Gasteiger partial charge is 0.266 e. The van der Waals surface area contributed by atoms with Crippen LogP contribution < -0.4 is 15.6 Å². The zero-order chi connectivity index (χ0) is 32.4. The Morgan fingerprint density at radius 3 is 2.37 bits per heavy atom. The largest absolute Gasteiger partial charge is 0.494 e. The number of ether oxygens (including phenoxy) is 2. The number of aliphatic hydroxyl groups is 1. The number of nitrogens with one attached hydrogen (secondary N) is 2. The molecule has 0 fully saturated rings. The molecule has 10 nitrogen and oxygen atoms in total. The molecule has 2 atom stereocenters. The third-order valence-electron chi connectivity index (χ3n) is 7.54. The van der Waals surface area contributed by atoms with Gasteiger partial charge in [-0.2, -0.15) is 0 Å². The molecule has 0 radical (unpaired) electrons. The van der Waals surface area contributed by atoms with Gasteiger partial charge in [-0.15, -0.1) is 0 Å². The zero-order valence-corrected chi connectivity index (χ0v) is 24.8. The third-order valence-corrected chi connectivity index (χ3v) is 7.54. The highest BCUT2D eigenvalue weighted by molar-refractivity contribution is 6.01. The minimum Gasteiger partial charge on any atom is -0.494 e. The number of benzene rings is 4. The molecule has 1 aliphatic rings. The van der Waals surface area contributed by atoms with Gasteiger partial charge in [-0.25, -0.2) is 19.2 Å². The molecule has 0 spiro atoms. The summed E-state index contributed by atoms with van der Waals surface area (Å²) in [6, 6.07) is 27.0. The summed E-state index contributed by atoms with van der Waals surface area (Å²) in [7, 11) is 0. The van der Waals surface area contributed by atoms with Crippen LogP contribution in [0.1, 0.15) is 40.3 Å². The first-order chi connectivity index (χ1) is 22.4. The Morgan fingerprint density at radius 2 is 1.67 bits per heavy atom. The maximum Gasteiger partial charge on any atom is 0.266 e. The summed E-state index contributed by atoms with van der Waals surface area (Å²) in [6.45, 7) is 0.106. The van der Waals surface area contributed by atoms with Crippen molar-refractivity contribution in [2.45, 2.75) is 37.6 Å². The van der Waals surface area contributed by atoms with Gasteiger partial charge >= 0.3 is 0 Å². The Labute approximate surface area is 264 Å². The quantitative estimate of drug-likeness (QED) is 0.0529. The fraction of sp³-hybridized carbons (Fsp3) is 0.235. The summed E-state index contributed by atoms with van der Waals surface area (Å²) in [5.41, 5.74) is 15.1. The Balaban J connectivity index is 1.55. The summed E-state index contributed by atoms with van der Waals surface area (Å²) in [4.78, 5) is 22.2. The van der Waals surface area contributed by atoms with Crippen molar-refractivity contribution in [2.24, 2.45) is 10.1 Å². The molecule has 0 bridgehead atoms. The maximum absolute atomic E-state index is 14.3. The van der Waals surface area contributed by atoms with Crippen molar-refractivity contribution in [2.75, 3.05) is 13.2 Å². The Morgan fingerprint density at radius 1 is 0.978 bits per heavy atom. The Kier molecular flexibility index (Phi) is 10.6. The molecule has 1 heterocycles. The standard InChI is InChI=1S/C34H32F2N6O4/c35-29-12-6-13-30(36)28(29)22-38-41-33(44)34(20-25-10-4-5-11-26(25)21-39-42-37)31(23-8-2-1-3-9-23)46-32(40-34)24-14-16-27(17-15-24)45-19-7-18-43/h1-6,8-17,31,38,43H,7,18-22H2,(H,41,44)/t31-,34-/m0/s1. The number of hydrazine groups is 1. The SMILES string of the molecule is [N-]=[N+]=NCc1ccccc1C[C@]1(C(=O)NNCc2c(F)cccc2F)N=C(c2ccc(OCCCO)cc2)O[C@H]1c1ccccc1. The summed E-state index contributed by atoms with van der Waals surface area (Å²) in [5, 5.41) is 12.8. The number of amides is 1. The Bertz CT molecular complexity index is 1710. The Hall–Kier alpha value is -5.29. The van der Waals surface area contributed by atoms with E-state index in [0.29, 0.717) is 41.0 Å². The van der Waals surface area contributed by atoms with E-state index in [0.717, 1.165) is 12.1 Å². The molecule has 0 aliphatic carbocycles. The molecule has 1 amide bonds. The van der Waals surface area contributed by atoms with Crippen molar-refractivity contribution in [3.63, 3.8) is 0 Å². The van der Waals surface area contributed by atoms with Gasteiger partial charge in [0.25, 0.3) is 5.91 Å². The molecule has 12 heteroatoms. The van der Waals surface area contributed by atoms with E-state index in [1.165, 1.54) is 6.07 Å². The number of aliphatic hydroxyl groups excluding tert-OH is 1. The van der Waals surface area contributed by atoms with Crippen LogP contribution in [0.4, 0.5) is 8.78 Å². The number of halogens is 2. The molecule has 3 N–H and O–H groups in total. The van der Waals surface area contributed by atoms with Crippen molar-refractivity contribution in [3.8, 4) is 5.75 Å². The average molecular weight is 627 g/mol. The van der Waals surface area contributed by atoms with Crippen molar-refractivity contribution in [3.05, 3.63) is 147 Å². The van der Waals surface area contributed by atoms with Crippen LogP contribution in [0, 0.1) is 11.6 Å². The molecule has 1 aliphatic heterocycles. The highest BCUT2D eigenvalue weighted by Crippen LogP contribution is 2.43. The maximum atomic E-state index is 14.3. The van der Waals surface area contributed by atoms with Crippen molar-refractivity contribution < 1.29 is 28.2 Å². The van der Waals surface area contributed by atoms with Gasteiger partial charge < -0.3 is 14.6 Å². The van der Waals surface area contributed by atoms with Crippen LogP contribution >= 0.6 is 0 Å². The minimum absolute atomic E-state index is 0.0177. The van der Waals surface area contributed by atoms with Gasteiger partial charge in [0.05, 0.1) is 13.2 Å². The van der Waals surface area contributed by atoms with Gasteiger partial charge in [-0.3, -0.25) is 10.2 Å². The highest BCUT2D eigenvalue weighted by Gasteiger charge is 2.53. The molecule has 0 saturated heterocycles. The normalized spacial score (nSPS) is 17.0. The van der Waals surface area contributed by atoms with Gasteiger partial charge in [0, 0.05) is 42.0 Å². The number of carbonyl (C=O) groups is 1. The van der Waals surface area contributed by atoms with Crippen molar-refractivity contribution >= 4 is 11.8 Å². The van der Waals surface area contributed by atoms with E-state index in [4.69, 9.17) is 25.1 Å². The average Bonchev–Trinajstić information content (AvgIpc) is 3.47. The number of azide groups is 1. The number of nitrogens with zero attached hydrogens (tertiary/aromatic N) is 4. The van der Waals surface area contributed by atoms with Gasteiger partial charge in [-0.05, 0) is 58.6 Å². The van der Waals surface area contributed by atoms with E-state index < -0.39 is 29.2 Å². The predicted octanol–water partition coefficient (Wildman–Crippen LogP) is 5.86. The van der Waals surface area contributed by atoms with E-state index >= 15 is 0 Å². The second-order valence-corrected chi connectivity index (χ2v) is 10.5. The molecule has 0 aromatic heterocycles. The lowest BCUT2D eigenvalue weighted by molar-refractivity contribution is -0.130. The summed E-state index contributed by atoms with van der Waals surface area (Å²) in [5.74, 6) is -1.30. The molecule has 0 saturated carbocycles. The first-order valence-electron chi connectivity index (χ1n) is 14.6. The molecular weight excluding hydrogens is 594 g/mol. The summed E-state index contributed by atoms with van der Waals surface area (Å²) >= 11 is 0. The first kappa shape index (κ1) is 32.1. The molecule has 4 aromatic carbocycles. The minimum atomic E-state index is -1.61. The monoisotopic (exact) mass is 626 g/mol. The fourth-order valence-electron chi connectivity index (χ4n) is 5.21. The van der Waals surface area contributed by atoms with Gasteiger partial charge in [0.2, 0.25) is 5.90 Å². The van der Waals surface area contributed by atoms with Crippen LogP contribution in [-0.2, 0) is 29.0 Å². The second-order valence-electron chi connectivity index (χ2n) is 10.5. The van der Waals surface area contributed by atoms with Crippen LogP contribution in [0.3, 0.4) is 0 Å². The van der Waals surface area contributed by atoms with Crippen LogP contribution in [-0.4, -0.2) is 35.7 Å². The number of hydrogen-bond donors (Lipinski definition) is 3. The molecule has 5 rings (SSSR count). The number of rotatable bonds is 14. The number of aliphatic imine (C=N–C) groups is 1. The molecular formula is C34H32F2N6O4. The van der Waals surface area contributed by atoms with E-state index in [1.54, 1.807) is 24.3 Å². The number of carbonyl (C=O) groups excluding carboxylic acids is 1. The van der Waals surface area contributed by atoms with Gasteiger partial charge in [0.1, 0.15) is 17.4 Å². The predicted molar refractivity (Wildman–Crippen MR) is 168 cm³/mol. The summed E-state index contributed by atoms with van der Waals surface area (Å²) in [6.07, 6.45) is -0.382. The molecule has 236 valence electrons. The first-order valence-corrected chi connectivity index (χ1v) is 14.6. The van der Waals surface area contributed by atoms with Crippen molar-refractivity contribution in [1.29, 1.82) is 0 Å². The topological polar surface area (TPSA) is 141 Å². The molecule has 0 unspecified atom stereocenters. The van der Waals surface area contributed by atoms with Crippen LogP contribution in [0.5, 0.6) is 5.75 Å². The highest BCUT2D eigenvalue weighted by atomic mass is 19.1. The fourth-order valence-corrected chi connectivity index (χ4v) is 5.21. The lowest BCUT2D eigenvalue weighted by Gasteiger charge is -2.31. The van der Waals surface area contributed by atoms with E-state index in [1.807, 2.05) is 54.6 Å². The van der Waals surface area contributed by atoms with Crippen LogP contribution in [0.25, 0.3) is 10.4 Å². The van der Waals surface area contributed by atoms with Gasteiger partial charge in [0.15, 0.2) is 11.6 Å². The third kappa shape index (κ3) is 7.32. The van der Waals surface area contributed by atoms with E-state index in [2.05, 4.69) is 20.9 Å². The molecule has 46 heavy (non-hydrogen) atoms. The number of hydrogen-bond acceptors (Lipinski definition) is 7. The zero-order valence-electron chi connectivity index (χ0n) is 24.8. The lowest BCUT2D eigenvalue weighted by Crippen LogP contribution is -2.53. The van der Waals surface area contributed by atoms with E-state index in [-0.39, 0.29) is 37.6 Å². The summed E-state index contributed by atoms with van der Waals surface area (Å²) < 4.78 is 40.8.